The molecule has 2 N–H and O–H groups in total. The molecule has 0 saturated heterocycles. The Labute approximate surface area is 121 Å². The number of benzene rings is 1. The smallest absolute Gasteiger partial charge is 0.416 e. The first-order valence-corrected chi connectivity index (χ1v) is 6.93. The Kier molecular flexibility index (Phi) is 4.56. The van der Waals surface area contributed by atoms with Gasteiger partial charge in [-0.3, -0.25) is 4.79 Å². The van der Waals surface area contributed by atoms with Gasteiger partial charge in [0, 0.05) is 6.04 Å². The number of carbonyl (C=O) groups is 1. The molecule has 0 amide bonds. The van der Waals surface area contributed by atoms with Gasteiger partial charge in [-0.2, -0.15) is 13.2 Å². The predicted molar refractivity (Wildman–Crippen MR) is 72.1 cm³/mol. The van der Waals surface area contributed by atoms with Crippen LogP contribution in [0, 0.1) is 0 Å². The molecule has 1 aromatic rings. The van der Waals surface area contributed by atoms with Crippen LogP contribution in [0.3, 0.4) is 0 Å². The minimum atomic E-state index is -4.31. The second-order valence-corrected chi connectivity index (χ2v) is 5.55. The minimum absolute atomic E-state index is 0.100. The maximum Gasteiger partial charge on any atom is 0.416 e. The van der Waals surface area contributed by atoms with Crippen molar-refractivity contribution in [1.82, 2.24) is 5.32 Å². The lowest BCUT2D eigenvalue weighted by Crippen LogP contribution is -2.40. The van der Waals surface area contributed by atoms with Gasteiger partial charge in [-0.05, 0) is 49.8 Å². The van der Waals surface area contributed by atoms with Crippen LogP contribution >= 0.6 is 0 Å². The highest BCUT2D eigenvalue weighted by molar-refractivity contribution is 5.72. The van der Waals surface area contributed by atoms with Crippen molar-refractivity contribution in [3.8, 4) is 0 Å². The maximum absolute atomic E-state index is 12.5. The van der Waals surface area contributed by atoms with Gasteiger partial charge in [0.25, 0.3) is 0 Å². The van der Waals surface area contributed by atoms with E-state index in [1.165, 1.54) is 12.1 Å². The first-order valence-electron chi connectivity index (χ1n) is 6.93. The van der Waals surface area contributed by atoms with Crippen molar-refractivity contribution in [1.29, 1.82) is 0 Å². The van der Waals surface area contributed by atoms with E-state index in [9.17, 15) is 18.0 Å². The van der Waals surface area contributed by atoms with Gasteiger partial charge in [0.05, 0.1) is 5.56 Å². The Balaban J connectivity index is 1.97. The highest BCUT2D eigenvalue weighted by Crippen LogP contribution is 2.36. The van der Waals surface area contributed by atoms with Crippen molar-refractivity contribution < 1.29 is 23.1 Å². The summed E-state index contributed by atoms with van der Waals surface area (Å²) in [5, 5.41) is 11.9. The molecule has 1 saturated carbocycles. The number of hydrogen-bond acceptors (Lipinski definition) is 2. The summed E-state index contributed by atoms with van der Waals surface area (Å²) < 4.78 is 37.5. The van der Waals surface area contributed by atoms with Crippen LogP contribution < -0.4 is 5.32 Å². The summed E-state index contributed by atoms with van der Waals surface area (Å²) in [6, 6.07) is 4.75. The SMILES string of the molecule is C[C@H](NC1CCC(c2ccc(C(F)(F)F)cc2)C1)C(=O)O. The monoisotopic (exact) mass is 301 g/mol. The highest BCUT2D eigenvalue weighted by atomic mass is 19.4. The number of aliphatic carboxylic acids is 1. The van der Waals surface area contributed by atoms with Gasteiger partial charge >= 0.3 is 12.1 Å². The van der Waals surface area contributed by atoms with Crippen molar-refractivity contribution in [2.45, 2.75) is 50.4 Å². The van der Waals surface area contributed by atoms with Crippen molar-refractivity contribution >= 4 is 5.97 Å². The van der Waals surface area contributed by atoms with Gasteiger partial charge in [0.15, 0.2) is 0 Å². The summed E-state index contributed by atoms with van der Waals surface area (Å²) in [6.45, 7) is 1.59. The Hall–Kier alpha value is -1.56. The number of carboxylic acids is 1. The van der Waals surface area contributed by atoms with Gasteiger partial charge in [0.1, 0.15) is 6.04 Å². The fraction of sp³-hybridized carbons (Fsp3) is 0.533. The third-order valence-corrected chi connectivity index (χ3v) is 4.00. The van der Waals surface area contributed by atoms with E-state index in [4.69, 9.17) is 5.11 Å². The molecule has 0 spiro atoms. The van der Waals surface area contributed by atoms with Crippen LogP contribution in [0.15, 0.2) is 24.3 Å². The first-order chi connectivity index (χ1) is 9.77. The zero-order valence-corrected chi connectivity index (χ0v) is 11.7. The predicted octanol–water partition coefficient (Wildman–Crippen LogP) is 3.40. The standard InChI is InChI=1S/C15H18F3NO2/c1-9(14(20)21)19-13-7-4-11(8-13)10-2-5-12(6-3-10)15(16,17)18/h2-3,5-6,9,11,13,19H,4,7-8H2,1H3,(H,20,21)/t9-,11?,13?/m0/s1. The Bertz CT molecular complexity index is 499. The van der Waals surface area contributed by atoms with Gasteiger partial charge < -0.3 is 10.4 Å². The molecular formula is C15H18F3NO2. The molecule has 1 aliphatic carbocycles. The molecular weight excluding hydrogens is 283 g/mol. The quantitative estimate of drug-likeness (QED) is 0.896. The van der Waals surface area contributed by atoms with Crippen LogP contribution in [0.5, 0.6) is 0 Å². The number of hydrogen-bond donors (Lipinski definition) is 2. The molecule has 3 atom stereocenters. The zero-order valence-electron chi connectivity index (χ0n) is 11.7. The Morgan fingerprint density at radius 1 is 1.29 bits per heavy atom. The Morgan fingerprint density at radius 3 is 2.43 bits per heavy atom. The largest absolute Gasteiger partial charge is 0.480 e. The summed E-state index contributed by atoms with van der Waals surface area (Å²) in [7, 11) is 0. The average molecular weight is 301 g/mol. The van der Waals surface area contributed by atoms with Crippen molar-refractivity contribution in [3.63, 3.8) is 0 Å². The summed E-state index contributed by atoms with van der Waals surface area (Å²) in [6.07, 6.45) is -1.86. The molecule has 1 fully saturated rings. The summed E-state index contributed by atoms with van der Waals surface area (Å²) >= 11 is 0. The fourth-order valence-corrected chi connectivity index (χ4v) is 2.80. The molecule has 2 unspecified atom stereocenters. The average Bonchev–Trinajstić information content (AvgIpc) is 2.86. The number of halogens is 3. The third-order valence-electron chi connectivity index (χ3n) is 4.00. The van der Waals surface area contributed by atoms with E-state index in [0.29, 0.717) is 0 Å². The maximum atomic E-state index is 12.5. The number of carboxylic acid groups (broad SMARTS) is 1. The molecule has 0 aliphatic heterocycles. The van der Waals surface area contributed by atoms with Crippen LogP contribution in [-0.2, 0) is 11.0 Å². The summed E-state index contributed by atoms with van der Waals surface area (Å²) in [5.41, 5.74) is 0.244. The summed E-state index contributed by atoms with van der Waals surface area (Å²) in [4.78, 5) is 10.8. The van der Waals surface area contributed by atoms with E-state index in [1.807, 2.05) is 0 Å². The zero-order chi connectivity index (χ0) is 15.6. The molecule has 0 radical (unpaired) electrons. The Morgan fingerprint density at radius 2 is 1.90 bits per heavy atom. The van der Waals surface area contributed by atoms with Crippen LogP contribution in [0.2, 0.25) is 0 Å². The number of alkyl halides is 3. The molecule has 21 heavy (non-hydrogen) atoms. The van der Waals surface area contributed by atoms with Gasteiger partial charge in [0.2, 0.25) is 0 Å². The second kappa shape index (κ2) is 6.05. The van der Waals surface area contributed by atoms with E-state index >= 15 is 0 Å². The first kappa shape index (κ1) is 15.8. The normalized spacial score (nSPS) is 24.0. The fourth-order valence-electron chi connectivity index (χ4n) is 2.80. The van der Waals surface area contributed by atoms with Crippen LogP contribution in [-0.4, -0.2) is 23.2 Å². The number of rotatable bonds is 4. The van der Waals surface area contributed by atoms with E-state index in [0.717, 1.165) is 37.0 Å². The molecule has 6 heteroatoms. The van der Waals surface area contributed by atoms with E-state index in [1.54, 1.807) is 6.92 Å². The lowest BCUT2D eigenvalue weighted by Gasteiger charge is -2.17. The molecule has 0 bridgehead atoms. The van der Waals surface area contributed by atoms with Crippen molar-refractivity contribution in [2.24, 2.45) is 0 Å². The molecule has 1 aromatic carbocycles. The van der Waals surface area contributed by atoms with Crippen LogP contribution in [0.4, 0.5) is 13.2 Å². The van der Waals surface area contributed by atoms with E-state index in [-0.39, 0.29) is 12.0 Å². The topological polar surface area (TPSA) is 49.3 Å². The summed E-state index contributed by atoms with van der Waals surface area (Å²) in [5.74, 6) is -0.709. The van der Waals surface area contributed by atoms with E-state index in [2.05, 4.69) is 5.32 Å². The van der Waals surface area contributed by atoms with Gasteiger partial charge in [-0.15, -0.1) is 0 Å². The third kappa shape index (κ3) is 3.97. The lowest BCUT2D eigenvalue weighted by molar-refractivity contribution is -0.139. The van der Waals surface area contributed by atoms with Gasteiger partial charge in [-0.25, -0.2) is 0 Å². The van der Waals surface area contributed by atoms with Crippen molar-refractivity contribution in [3.05, 3.63) is 35.4 Å². The van der Waals surface area contributed by atoms with Gasteiger partial charge in [-0.1, -0.05) is 12.1 Å². The number of nitrogens with one attached hydrogen (secondary N) is 1. The molecule has 1 aliphatic rings. The van der Waals surface area contributed by atoms with E-state index < -0.39 is 23.8 Å². The van der Waals surface area contributed by atoms with Crippen molar-refractivity contribution in [2.75, 3.05) is 0 Å². The molecule has 3 nitrogen and oxygen atoms in total. The van der Waals surface area contributed by atoms with Crippen LogP contribution in [0.25, 0.3) is 0 Å². The highest BCUT2D eigenvalue weighted by Gasteiger charge is 2.31. The lowest BCUT2D eigenvalue weighted by atomic mass is 9.96. The second-order valence-electron chi connectivity index (χ2n) is 5.55. The molecule has 2 rings (SSSR count). The molecule has 0 aromatic heterocycles. The molecule has 116 valence electrons. The minimum Gasteiger partial charge on any atom is -0.480 e. The van der Waals surface area contributed by atoms with Crippen LogP contribution in [0.1, 0.15) is 43.2 Å². The molecule has 0 heterocycles.